The van der Waals surface area contributed by atoms with Gasteiger partial charge in [-0.15, -0.1) is 6.42 Å². The Balaban J connectivity index is 3.02. The van der Waals surface area contributed by atoms with Crippen molar-refractivity contribution in [1.82, 2.24) is 14.8 Å². The Labute approximate surface area is 64.2 Å². The molecule has 0 aromatic carbocycles. The van der Waals surface area contributed by atoms with Crippen molar-refractivity contribution in [2.45, 2.75) is 19.4 Å². The molecule has 11 heavy (non-hydrogen) atoms. The van der Waals surface area contributed by atoms with Crippen LogP contribution in [-0.2, 0) is 0 Å². The lowest BCUT2D eigenvalue weighted by molar-refractivity contribution is 0.584. The fourth-order valence-electron chi connectivity index (χ4n) is 0.873. The lowest BCUT2D eigenvalue weighted by Gasteiger charge is -2.05. The predicted octanol–water partition coefficient (Wildman–Crippen LogP) is 0.156. The molecular weight excluding hydrogens is 142 g/mol. The van der Waals surface area contributed by atoms with Gasteiger partial charge in [-0.25, -0.2) is 9.89 Å². The number of nitrogens with one attached hydrogen (secondary N) is 1. The van der Waals surface area contributed by atoms with E-state index in [0.717, 1.165) is 6.42 Å². The SMILES string of the molecule is C#CC(CC)n1cn[nH]c1=O. The summed E-state index contributed by atoms with van der Waals surface area (Å²) in [6, 6.07) is -0.179. The van der Waals surface area contributed by atoms with Crippen LogP contribution in [0.1, 0.15) is 19.4 Å². The van der Waals surface area contributed by atoms with Crippen LogP contribution in [0.4, 0.5) is 0 Å². The fraction of sp³-hybridized carbons (Fsp3) is 0.429. The summed E-state index contributed by atoms with van der Waals surface area (Å²) >= 11 is 0. The van der Waals surface area contributed by atoms with E-state index in [0.29, 0.717) is 0 Å². The predicted molar refractivity (Wildman–Crippen MR) is 41.0 cm³/mol. The normalized spacial score (nSPS) is 12.4. The fourth-order valence-corrected chi connectivity index (χ4v) is 0.873. The molecule has 1 rings (SSSR count). The third kappa shape index (κ3) is 1.32. The summed E-state index contributed by atoms with van der Waals surface area (Å²) in [5.41, 5.74) is -0.255. The third-order valence-electron chi connectivity index (χ3n) is 1.49. The van der Waals surface area contributed by atoms with E-state index in [1.54, 1.807) is 0 Å². The number of H-pyrrole nitrogens is 1. The molecule has 1 heterocycles. The summed E-state index contributed by atoms with van der Waals surface area (Å²) in [5, 5.41) is 5.85. The maximum absolute atomic E-state index is 10.9. The quantitative estimate of drug-likeness (QED) is 0.612. The van der Waals surface area contributed by atoms with Crippen molar-refractivity contribution in [3.05, 3.63) is 16.8 Å². The summed E-state index contributed by atoms with van der Waals surface area (Å²) in [5.74, 6) is 2.50. The zero-order valence-electron chi connectivity index (χ0n) is 6.24. The van der Waals surface area contributed by atoms with Crippen molar-refractivity contribution in [1.29, 1.82) is 0 Å². The molecule has 58 valence electrons. The van der Waals surface area contributed by atoms with E-state index in [4.69, 9.17) is 6.42 Å². The maximum atomic E-state index is 10.9. The molecule has 0 spiro atoms. The molecule has 4 heteroatoms. The molecule has 0 radical (unpaired) electrons. The van der Waals surface area contributed by atoms with Gasteiger partial charge < -0.3 is 0 Å². The average Bonchev–Trinajstić information content (AvgIpc) is 2.40. The van der Waals surface area contributed by atoms with E-state index in [1.165, 1.54) is 10.9 Å². The molecule has 1 unspecified atom stereocenters. The van der Waals surface area contributed by atoms with Gasteiger partial charge in [0, 0.05) is 0 Å². The first-order valence-corrected chi connectivity index (χ1v) is 3.37. The van der Waals surface area contributed by atoms with Crippen LogP contribution in [0.3, 0.4) is 0 Å². The minimum Gasteiger partial charge on any atom is -0.267 e. The first kappa shape index (κ1) is 7.61. The van der Waals surface area contributed by atoms with Crippen LogP contribution in [0.5, 0.6) is 0 Å². The minimum atomic E-state index is -0.255. The highest BCUT2D eigenvalue weighted by Crippen LogP contribution is 2.03. The van der Waals surface area contributed by atoms with Gasteiger partial charge in [-0.05, 0) is 6.42 Å². The van der Waals surface area contributed by atoms with Crippen molar-refractivity contribution in [2.24, 2.45) is 0 Å². The summed E-state index contributed by atoms with van der Waals surface area (Å²) in [6.45, 7) is 1.92. The van der Waals surface area contributed by atoms with Crippen molar-refractivity contribution in [3.8, 4) is 12.3 Å². The molecule has 0 amide bonds. The Morgan fingerprint density at radius 2 is 2.73 bits per heavy atom. The zero-order valence-corrected chi connectivity index (χ0v) is 6.24. The smallest absolute Gasteiger partial charge is 0.267 e. The van der Waals surface area contributed by atoms with Gasteiger partial charge in [0.2, 0.25) is 0 Å². The van der Waals surface area contributed by atoms with E-state index < -0.39 is 0 Å². The van der Waals surface area contributed by atoms with E-state index in [1.807, 2.05) is 6.92 Å². The number of hydrogen-bond donors (Lipinski definition) is 1. The summed E-state index contributed by atoms with van der Waals surface area (Å²) in [6.07, 6.45) is 7.34. The first-order valence-electron chi connectivity index (χ1n) is 3.37. The maximum Gasteiger partial charge on any atom is 0.344 e. The van der Waals surface area contributed by atoms with Crippen molar-refractivity contribution < 1.29 is 0 Å². The number of nitrogens with zero attached hydrogens (tertiary/aromatic N) is 2. The van der Waals surface area contributed by atoms with E-state index >= 15 is 0 Å². The monoisotopic (exact) mass is 151 g/mol. The number of aromatic amines is 1. The van der Waals surface area contributed by atoms with Crippen molar-refractivity contribution >= 4 is 0 Å². The van der Waals surface area contributed by atoms with Gasteiger partial charge in [0.1, 0.15) is 12.4 Å². The average molecular weight is 151 g/mol. The summed E-state index contributed by atoms with van der Waals surface area (Å²) < 4.78 is 1.40. The van der Waals surface area contributed by atoms with Gasteiger partial charge in [-0.1, -0.05) is 12.8 Å². The molecular formula is C7H9N3O. The molecule has 0 saturated heterocycles. The molecule has 0 aliphatic carbocycles. The summed E-state index contributed by atoms with van der Waals surface area (Å²) in [4.78, 5) is 10.9. The van der Waals surface area contributed by atoms with Crippen molar-refractivity contribution in [2.75, 3.05) is 0 Å². The van der Waals surface area contributed by atoms with E-state index in [2.05, 4.69) is 16.1 Å². The Morgan fingerprint density at radius 3 is 3.09 bits per heavy atom. The number of hydrogen-bond acceptors (Lipinski definition) is 2. The van der Waals surface area contributed by atoms with Gasteiger partial charge in [0.05, 0.1) is 0 Å². The molecule has 0 saturated carbocycles. The molecule has 0 fully saturated rings. The van der Waals surface area contributed by atoms with Crippen LogP contribution in [0.15, 0.2) is 11.1 Å². The minimum absolute atomic E-state index is 0.179. The molecule has 1 atom stereocenters. The van der Waals surface area contributed by atoms with Gasteiger partial charge >= 0.3 is 5.69 Å². The van der Waals surface area contributed by atoms with Crippen LogP contribution in [0.2, 0.25) is 0 Å². The second-order valence-electron chi connectivity index (χ2n) is 2.16. The Kier molecular flexibility index (Phi) is 2.12. The zero-order chi connectivity index (χ0) is 8.27. The molecule has 0 aliphatic heterocycles. The lowest BCUT2D eigenvalue weighted by atomic mass is 10.2. The summed E-state index contributed by atoms with van der Waals surface area (Å²) in [7, 11) is 0. The molecule has 0 aliphatic rings. The highest BCUT2D eigenvalue weighted by Gasteiger charge is 2.06. The van der Waals surface area contributed by atoms with E-state index in [9.17, 15) is 4.79 Å². The molecule has 1 aromatic rings. The van der Waals surface area contributed by atoms with Gasteiger partial charge in [0.15, 0.2) is 0 Å². The Morgan fingerprint density at radius 1 is 2.00 bits per heavy atom. The van der Waals surface area contributed by atoms with Gasteiger partial charge in [-0.2, -0.15) is 5.10 Å². The Hall–Kier alpha value is -1.50. The first-order chi connectivity index (χ1) is 5.29. The number of terminal acetylenes is 1. The topological polar surface area (TPSA) is 50.7 Å². The van der Waals surface area contributed by atoms with Crippen LogP contribution < -0.4 is 5.69 Å². The lowest BCUT2D eigenvalue weighted by Crippen LogP contribution is -2.20. The largest absolute Gasteiger partial charge is 0.344 e. The highest BCUT2D eigenvalue weighted by atomic mass is 16.1. The second-order valence-corrected chi connectivity index (χ2v) is 2.16. The van der Waals surface area contributed by atoms with E-state index in [-0.39, 0.29) is 11.7 Å². The number of rotatable bonds is 2. The standard InChI is InChI=1S/C7H9N3O/c1-3-6(4-2)10-5-8-9-7(10)11/h1,5-6H,4H2,2H3,(H,9,11). The number of aromatic nitrogens is 3. The molecule has 4 nitrogen and oxygen atoms in total. The van der Waals surface area contributed by atoms with Crippen LogP contribution in [-0.4, -0.2) is 14.8 Å². The Bertz CT molecular complexity index is 317. The van der Waals surface area contributed by atoms with Crippen LogP contribution in [0, 0.1) is 12.3 Å². The van der Waals surface area contributed by atoms with Crippen LogP contribution in [0.25, 0.3) is 0 Å². The molecule has 1 aromatic heterocycles. The van der Waals surface area contributed by atoms with Gasteiger partial charge in [0.25, 0.3) is 0 Å². The molecule has 1 N–H and O–H groups in total. The van der Waals surface area contributed by atoms with Crippen molar-refractivity contribution in [3.63, 3.8) is 0 Å². The second kappa shape index (κ2) is 3.06. The third-order valence-corrected chi connectivity index (χ3v) is 1.49. The highest BCUT2D eigenvalue weighted by molar-refractivity contribution is 4.97. The van der Waals surface area contributed by atoms with Gasteiger partial charge in [-0.3, -0.25) is 4.57 Å². The van der Waals surface area contributed by atoms with Crippen LogP contribution >= 0.6 is 0 Å². The molecule has 0 bridgehead atoms.